The van der Waals surface area contributed by atoms with Gasteiger partial charge >= 0.3 is 0 Å². The summed E-state index contributed by atoms with van der Waals surface area (Å²) in [6.45, 7) is 0.0476. The Bertz CT molecular complexity index is 1020. The third-order valence-corrected chi connectivity index (χ3v) is 3.76. The van der Waals surface area contributed by atoms with Crippen LogP contribution >= 0.6 is 0 Å². The smallest absolute Gasteiger partial charge is 0.174 e. The third-order valence-electron chi connectivity index (χ3n) is 3.76. The molecule has 0 radical (unpaired) electrons. The van der Waals surface area contributed by atoms with E-state index in [9.17, 15) is 0 Å². The van der Waals surface area contributed by atoms with E-state index in [2.05, 4.69) is 15.1 Å². The van der Waals surface area contributed by atoms with Crippen LogP contribution in [0.5, 0.6) is 5.75 Å². The van der Waals surface area contributed by atoms with Gasteiger partial charge in [-0.3, -0.25) is 0 Å². The van der Waals surface area contributed by atoms with Gasteiger partial charge in [0.05, 0.1) is 11.9 Å². The molecule has 0 bridgehead atoms. The maximum absolute atomic E-state index is 8.54. The van der Waals surface area contributed by atoms with Crippen LogP contribution in [0.25, 0.3) is 27.8 Å². The van der Waals surface area contributed by atoms with E-state index in [4.69, 9.17) is 10.00 Å². The monoisotopic (exact) mass is 315 g/mol. The van der Waals surface area contributed by atoms with Crippen molar-refractivity contribution in [3.63, 3.8) is 0 Å². The summed E-state index contributed by atoms with van der Waals surface area (Å²) in [4.78, 5) is 7.40. The van der Waals surface area contributed by atoms with Crippen LogP contribution in [0.4, 0.5) is 0 Å². The summed E-state index contributed by atoms with van der Waals surface area (Å²) in [6, 6.07) is 13.5. The van der Waals surface area contributed by atoms with E-state index in [-0.39, 0.29) is 6.61 Å². The van der Waals surface area contributed by atoms with Gasteiger partial charge in [0.25, 0.3) is 0 Å². The van der Waals surface area contributed by atoms with Crippen molar-refractivity contribution in [1.82, 2.24) is 19.7 Å². The summed E-state index contributed by atoms with van der Waals surface area (Å²) in [5.41, 5.74) is 3.84. The molecule has 0 fully saturated rings. The highest BCUT2D eigenvalue weighted by Gasteiger charge is 2.08. The molecule has 0 aliphatic heterocycles. The van der Waals surface area contributed by atoms with Crippen LogP contribution < -0.4 is 4.74 Å². The first-order valence-electron chi connectivity index (χ1n) is 7.42. The molecular weight excluding hydrogens is 302 g/mol. The number of hydrogen-bond donors (Lipinski definition) is 1. The highest BCUT2D eigenvalue weighted by atomic mass is 16.5. The number of hydrogen-bond acceptors (Lipinski definition) is 4. The van der Waals surface area contributed by atoms with E-state index >= 15 is 0 Å². The Morgan fingerprint density at radius 3 is 2.83 bits per heavy atom. The van der Waals surface area contributed by atoms with Crippen LogP contribution in [-0.2, 0) is 0 Å². The zero-order valence-electron chi connectivity index (χ0n) is 12.7. The third kappa shape index (κ3) is 2.48. The number of nitriles is 1. The first-order chi connectivity index (χ1) is 11.8. The molecule has 0 aliphatic rings. The highest BCUT2D eigenvalue weighted by molar-refractivity contribution is 5.84. The molecule has 24 heavy (non-hydrogen) atoms. The Hall–Kier alpha value is -3.59. The second-order valence-corrected chi connectivity index (χ2v) is 5.21. The maximum Gasteiger partial charge on any atom is 0.174 e. The van der Waals surface area contributed by atoms with E-state index in [1.807, 2.05) is 65.7 Å². The number of benzene rings is 1. The van der Waals surface area contributed by atoms with Gasteiger partial charge in [-0.05, 0) is 29.8 Å². The fraction of sp³-hybridized carbons (Fsp3) is 0.0556. The predicted molar refractivity (Wildman–Crippen MR) is 89.8 cm³/mol. The number of aromatic nitrogens is 4. The SMILES string of the molecule is N#CCOc1ccc(-c2cnn(-c3ccnc4[nH]ccc34)c2)cc1. The summed E-state index contributed by atoms with van der Waals surface area (Å²) in [5, 5.41) is 14.0. The molecule has 0 saturated carbocycles. The molecule has 1 aromatic carbocycles. The van der Waals surface area contributed by atoms with E-state index in [1.54, 1.807) is 6.20 Å². The summed E-state index contributed by atoms with van der Waals surface area (Å²) in [7, 11) is 0. The molecule has 4 rings (SSSR count). The van der Waals surface area contributed by atoms with Crippen LogP contribution in [0.1, 0.15) is 0 Å². The van der Waals surface area contributed by atoms with Gasteiger partial charge in [-0.15, -0.1) is 0 Å². The topological polar surface area (TPSA) is 79.5 Å². The Morgan fingerprint density at radius 1 is 1.12 bits per heavy atom. The fourth-order valence-corrected chi connectivity index (χ4v) is 2.61. The molecular formula is C18H13N5O. The van der Waals surface area contributed by atoms with Crippen LogP contribution in [-0.4, -0.2) is 26.4 Å². The molecule has 0 saturated heterocycles. The molecule has 0 unspecified atom stereocenters. The number of aromatic amines is 1. The average molecular weight is 315 g/mol. The number of H-pyrrole nitrogens is 1. The lowest BCUT2D eigenvalue weighted by molar-refractivity contribution is 0.368. The molecule has 116 valence electrons. The highest BCUT2D eigenvalue weighted by Crippen LogP contribution is 2.25. The number of fused-ring (bicyclic) bond motifs is 1. The van der Waals surface area contributed by atoms with E-state index in [1.165, 1.54) is 0 Å². The van der Waals surface area contributed by atoms with Crippen molar-refractivity contribution in [1.29, 1.82) is 5.26 Å². The molecule has 6 nitrogen and oxygen atoms in total. The number of ether oxygens (including phenoxy) is 1. The molecule has 0 atom stereocenters. The van der Waals surface area contributed by atoms with Crippen molar-refractivity contribution >= 4 is 11.0 Å². The first kappa shape index (κ1) is 14.0. The molecule has 1 N–H and O–H groups in total. The molecule has 0 amide bonds. The minimum Gasteiger partial charge on any atom is -0.479 e. The Balaban J connectivity index is 1.65. The van der Waals surface area contributed by atoms with Gasteiger partial charge in [-0.1, -0.05) is 12.1 Å². The zero-order valence-corrected chi connectivity index (χ0v) is 12.7. The second kappa shape index (κ2) is 5.89. The van der Waals surface area contributed by atoms with Crippen LogP contribution in [0.15, 0.2) is 61.2 Å². The van der Waals surface area contributed by atoms with Crippen LogP contribution in [0.3, 0.4) is 0 Å². The molecule has 3 heterocycles. The Kier molecular flexibility index (Phi) is 3.45. The van der Waals surface area contributed by atoms with Gasteiger partial charge in [0, 0.05) is 29.5 Å². The minimum atomic E-state index is 0.0476. The van der Waals surface area contributed by atoms with Crippen molar-refractivity contribution < 1.29 is 4.74 Å². The van der Waals surface area contributed by atoms with Crippen molar-refractivity contribution in [2.24, 2.45) is 0 Å². The standard InChI is InChI=1S/C18H13N5O/c19-7-10-24-15-3-1-13(2-4-15)14-11-22-23(12-14)17-6-9-21-18-16(17)5-8-20-18/h1-6,8-9,11-12H,10H2,(H,20,21). The first-order valence-corrected chi connectivity index (χ1v) is 7.42. The van der Waals surface area contributed by atoms with Gasteiger partial charge in [0.15, 0.2) is 6.61 Å². The van der Waals surface area contributed by atoms with E-state index in [0.717, 1.165) is 27.8 Å². The molecule has 3 aromatic heterocycles. The van der Waals surface area contributed by atoms with Gasteiger partial charge in [-0.2, -0.15) is 10.4 Å². The van der Waals surface area contributed by atoms with Crippen LogP contribution in [0, 0.1) is 11.3 Å². The minimum absolute atomic E-state index is 0.0476. The maximum atomic E-state index is 8.54. The quantitative estimate of drug-likeness (QED) is 0.626. The molecule has 6 heteroatoms. The normalized spacial score (nSPS) is 10.6. The number of nitrogens with zero attached hydrogens (tertiary/aromatic N) is 4. The van der Waals surface area contributed by atoms with Crippen molar-refractivity contribution in [2.75, 3.05) is 6.61 Å². The summed E-state index contributed by atoms with van der Waals surface area (Å²) in [5.74, 6) is 0.677. The number of pyridine rings is 1. The number of nitrogens with one attached hydrogen (secondary N) is 1. The fourth-order valence-electron chi connectivity index (χ4n) is 2.61. The Morgan fingerprint density at radius 2 is 2.00 bits per heavy atom. The molecule has 0 spiro atoms. The van der Waals surface area contributed by atoms with Crippen molar-refractivity contribution in [3.8, 4) is 28.6 Å². The van der Waals surface area contributed by atoms with Crippen molar-refractivity contribution in [3.05, 3.63) is 61.2 Å². The van der Waals surface area contributed by atoms with Gasteiger partial charge in [0.2, 0.25) is 0 Å². The predicted octanol–water partition coefficient (Wildman–Crippen LogP) is 3.32. The van der Waals surface area contributed by atoms with Gasteiger partial charge in [-0.25, -0.2) is 9.67 Å². The summed E-state index contributed by atoms with van der Waals surface area (Å²) < 4.78 is 7.11. The van der Waals surface area contributed by atoms with Gasteiger partial charge < -0.3 is 9.72 Å². The van der Waals surface area contributed by atoms with E-state index in [0.29, 0.717) is 5.75 Å². The summed E-state index contributed by atoms with van der Waals surface area (Å²) >= 11 is 0. The largest absolute Gasteiger partial charge is 0.479 e. The lowest BCUT2D eigenvalue weighted by Crippen LogP contribution is -1.95. The average Bonchev–Trinajstić information content (AvgIpc) is 3.29. The molecule has 0 aliphatic carbocycles. The zero-order chi connectivity index (χ0) is 16.4. The van der Waals surface area contributed by atoms with Crippen LogP contribution in [0.2, 0.25) is 0 Å². The van der Waals surface area contributed by atoms with E-state index < -0.39 is 0 Å². The van der Waals surface area contributed by atoms with Crippen molar-refractivity contribution in [2.45, 2.75) is 0 Å². The number of rotatable bonds is 4. The second-order valence-electron chi connectivity index (χ2n) is 5.21. The lowest BCUT2D eigenvalue weighted by atomic mass is 10.1. The Labute approximate surface area is 137 Å². The van der Waals surface area contributed by atoms with Gasteiger partial charge in [0.1, 0.15) is 17.5 Å². The molecule has 4 aromatic rings. The summed E-state index contributed by atoms with van der Waals surface area (Å²) in [6.07, 6.45) is 7.43. The lowest BCUT2D eigenvalue weighted by Gasteiger charge is -2.03.